The topological polar surface area (TPSA) is 33.1 Å². The highest BCUT2D eigenvalue weighted by Crippen LogP contribution is 2.14. The van der Waals surface area contributed by atoms with Crippen molar-refractivity contribution in [2.75, 3.05) is 0 Å². The highest BCUT2D eigenvalue weighted by atomic mass is 79.9. The highest BCUT2D eigenvalue weighted by Gasteiger charge is 1.95. The second kappa shape index (κ2) is 3.12. The number of aliphatic hydroxyl groups excluding tert-OH is 1. The van der Waals surface area contributed by atoms with Crippen LogP contribution >= 0.6 is 15.9 Å². The molecule has 0 fully saturated rings. The Labute approximate surface area is 68.0 Å². The van der Waals surface area contributed by atoms with E-state index < -0.39 is 0 Å². The van der Waals surface area contributed by atoms with E-state index in [0.717, 1.165) is 10.0 Å². The molecule has 0 unspecified atom stereocenters. The molecule has 0 saturated carbocycles. The van der Waals surface area contributed by atoms with Crippen LogP contribution in [0, 0.1) is 6.92 Å². The summed E-state index contributed by atoms with van der Waals surface area (Å²) in [7, 11) is 0. The first-order valence-electron chi connectivity index (χ1n) is 2.96. The summed E-state index contributed by atoms with van der Waals surface area (Å²) in [6.45, 7) is 1.97. The monoisotopic (exact) mass is 201 g/mol. The lowest BCUT2D eigenvalue weighted by Crippen LogP contribution is -1.89. The summed E-state index contributed by atoms with van der Waals surface area (Å²) < 4.78 is 0.977. The van der Waals surface area contributed by atoms with Crippen LogP contribution in [0.25, 0.3) is 0 Å². The van der Waals surface area contributed by atoms with Gasteiger partial charge >= 0.3 is 0 Å². The first-order chi connectivity index (χ1) is 4.74. The number of aryl methyl sites for hydroxylation is 1. The second-order valence-electron chi connectivity index (χ2n) is 2.08. The van der Waals surface area contributed by atoms with Gasteiger partial charge in [0, 0.05) is 10.7 Å². The Hall–Kier alpha value is -0.410. The van der Waals surface area contributed by atoms with Gasteiger partial charge in [-0.1, -0.05) is 0 Å². The maximum atomic E-state index is 8.68. The molecule has 1 heterocycles. The van der Waals surface area contributed by atoms with Gasteiger partial charge in [-0.2, -0.15) is 0 Å². The first-order valence-corrected chi connectivity index (χ1v) is 3.75. The van der Waals surface area contributed by atoms with E-state index >= 15 is 0 Å². The quantitative estimate of drug-likeness (QED) is 0.750. The van der Waals surface area contributed by atoms with Crippen LogP contribution in [-0.4, -0.2) is 10.1 Å². The molecule has 0 aromatic carbocycles. The van der Waals surface area contributed by atoms with Crippen molar-refractivity contribution in [3.8, 4) is 0 Å². The summed E-state index contributed by atoms with van der Waals surface area (Å²) >= 11 is 3.31. The molecule has 3 heteroatoms. The van der Waals surface area contributed by atoms with Crippen molar-refractivity contribution in [1.82, 2.24) is 4.98 Å². The van der Waals surface area contributed by atoms with Crippen LogP contribution in [0.1, 0.15) is 11.3 Å². The molecular formula is C7H8BrNO. The fourth-order valence-electron chi connectivity index (χ4n) is 0.684. The smallest absolute Gasteiger partial charge is 0.0853 e. The summed E-state index contributed by atoms with van der Waals surface area (Å²) in [5.41, 5.74) is 1.81. The van der Waals surface area contributed by atoms with Gasteiger partial charge < -0.3 is 5.11 Å². The Kier molecular flexibility index (Phi) is 2.40. The van der Waals surface area contributed by atoms with Gasteiger partial charge in [0.05, 0.1) is 12.3 Å². The summed E-state index contributed by atoms with van der Waals surface area (Å²) in [5.74, 6) is 0. The number of aromatic nitrogens is 1. The maximum Gasteiger partial charge on any atom is 0.0853 e. The van der Waals surface area contributed by atoms with Gasteiger partial charge in [-0.25, -0.2) is 0 Å². The van der Waals surface area contributed by atoms with Crippen molar-refractivity contribution in [2.24, 2.45) is 0 Å². The van der Waals surface area contributed by atoms with Crippen molar-refractivity contribution in [2.45, 2.75) is 13.5 Å². The molecule has 10 heavy (non-hydrogen) atoms. The Morgan fingerprint density at radius 1 is 1.70 bits per heavy atom. The molecule has 2 nitrogen and oxygen atoms in total. The molecule has 1 aromatic heterocycles. The maximum absolute atomic E-state index is 8.68. The third-order valence-electron chi connectivity index (χ3n) is 1.27. The van der Waals surface area contributed by atoms with Gasteiger partial charge in [-0.3, -0.25) is 4.98 Å². The summed E-state index contributed by atoms with van der Waals surface area (Å²) in [6.07, 6.45) is 1.70. The minimum Gasteiger partial charge on any atom is -0.390 e. The lowest BCUT2D eigenvalue weighted by atomic mass is 10.2. The van der Waals surface area contributed by atoms with E-state index in [-0.39, 0.29) is 6.61 Å². The molecule has 0 atom stereocenters. The van der Waals surface area contributed by atoms with Gasteiger partial charge in [0.1, 0.15) is 0 Å². The second-order valence-corrected chi connectivity index (χ2v) is 2.94. The number of halogens is 1. The van der Waals surface area contributed by atoms with E-state index in [1.54, 1.807) is 6.20 Å². The van der Waals surface area contributed by atoms with Gasteiger partial charge in [-0.05, 0) is 34.5 Å². The number of aliphatic hydroxyl groups is 1. The van der Waals surface area contributed by atoms with E-state index in [4.69, 9.17) is 5.11 Å². The predicted octanol–water partition coefficient (Wildman–Crippen LogP) is 1.64. The van der Waals surface area contributed by atoms with Crippen molar-refractivity contribution >= 4 is 15.9 Å². The zero-order chi connectivity index (χ0) is 7.56. The van der Waals surface area contributed by atoms with Crippen molar-refractivity contribution in [1.29, 1.82) is 0 Å². The van der Waals surface area contributed by atoms with E-state index in [2.05, 4.69) is 20.9 Å². The van der Waals surface area contributed by atoms with Gasteiger partial charge in [0.2, 0.25) is 0 Å². The Morgan fingerprint density at radius 2 is 2.40 bits per heavy atom. The van der Waals surface area contributed by atoms with E-state index in [1.807, 2.05) is 13.0 Å². The molecule has 1 rings (SSSR count). The van der Waals surface area contributed by atoms with Gasteiger partial charge in [-0.15, -0.1) is 0 Å². The molecule has 0 amide bonds. The Bertz CT molecular complexity index is 237. The number of hydrogen-bond donors (Lipinski definition) is 1. The first kappa shape index (κ1) is 7.69. The van der Waals surface area contributed by atoms with Crippen LogP contribution < -0.4 is 0 Å². The van der Waals surface area contributed by atoms with Crippen LogP contribution in [0.15, 0.2) is 16.7 Å². The fourth-order valence-corrected chi connectivity index (χ4v) is 0.901. The molecule has 0 aliphatic carbocycles. The van der Waals surface area contributed by atoms with E-state index in [9.17, 15) is 0 Å². The molecule has 0 spiro atoms. The Morgan fingerprint density at radius 3 is 2.90 bits per heavy atom. The molecule has 0 saturated heterocycles. The van der Waals surface area contributed by atoms with Crippen LogP contribution in [0.3, 0.4) is 0 Å². The highest BCUT2D eigenvalue weighted by molar-refractivity contribution is 9.10. The minimum atomic E-state index is 0.00806. The Balaban J connectivity index is 3.04. The normalized spacial score (nSPS) is 9.90. The third-order valence-corrected chi connectivity index (χ3v) is 2.10. The molecule has 0 bridgehead atoms. The van der Waals surface area contributed by atoms with Crippen LogP contribution in [0.5, 0.6) is 0 Å². The molecule has 0 aliphatic heterocycles. The van der Waals surface area contributed by atoms with Crippen LogP contribution in [0.2, 0.25) is 0 Å². The van der Waals surface area contributed by atoms with Crippen LogP contribution in [-0.2, 0) is 6.61 Å². The molecule has 0 radical (unpaired) electrons. The van der Waals surface area contributed by atoms with Crippen molar-refractivity contribution < 1.29 is 5.11 Å². The average molecular weight is 202 g/mol. The summed E-state index contributed by atoms with van der Waals surface area (Å²) in [5, 5.41) is 8.68. The van der Waals surface area contributed by atoms with Gasteiger partial charge in [0.25, 0.3) is 0 Å². The van der Waals surface area contributed by atoms with Crippen LogP contribution in [0.4, 0.5) is 0 Å². The summed E-state index contributed by atoms with van der Waals surface area (Å²) in [4.78, 5) is 3.96. The SMILES string of the molecule is Cc1cc(CO)ncc1Br. The van der Waals surface area contributed by atoms with E-state index in [1.165, 1.54) is 0 Å². The fraction of sp³-hybridized carbons (Fsp3) is 0.286. The number of nitrogens with zero attached hydrogens (tertiary/aromatic N) is 1. The lowest BCUT2D eigenvalue weighted by Gasteiger charge is -1.98. The number of pyridine rings is 1. The zero-order valence-corrected chi connectivity index (χ0v) is 7.22. The standard InChI is InChI=1S/C7H8BrNO/c1-5-2-6(4-10)9-3-7(5)8/h2-3,10H,4H2,1H3. The zero-order valence-electron chi connectivity index (χ0n) is 5.63. The molecule has 0 aliphatic rings. The number of hydrogen-bond acceptors (Lipinski definition) is 2. The minimum absolute atomic E-state index is 0.00806. The lowest BCUT2D eigenvalue weighted by molar-refractivity contribution is 0.276. The summed E-state index contributed by atoms with van der Waals surface area (Å²) in [6, 6.07) is 1.85. The van der Waals surface area contributed by atoms with Crippen molar-refractivity contribution in [3.05, 3.63) is 28.0 Å². The number of rotatable bonds is 1. The predicted molar refractivity (Wildman–Crippen MR) is 42.6 cm³/mol. The third kappa shape index (κ3) is 1.55. The average Bonchev–Trinajstić information content (AvgIpc) is 1.95. The van der Waals surface area contributed by atoms with Gasteiger partial charge in [0.15, 0.2) is 0 Å². The van der Waals surface area contributed by atoms with Crippen molar-refractivity contribution in [3.63, 3.8) is 0 Å². The molecular weight excluding hydrogens is 194 g/mol. The molecule has 54 valence electrons. The van der Waals surface area contributed by atoms with E-state index in [0.29, 0.717) is 5.69 Å². The molecule has 1 N–H and O–H groups in total. The molecule has 1 aromatic rings. The largest absolute Gasteiger partial charge is 0.390 e.